The Kier molecular flexibility index (Phi) is 5.13. The minimum atomic E-state index is -0.257. The van der Waals surface area contributed by atoms with Crippen molar-refractivity contribution in [3.8, 4) is 0 Å². The molecule has 0 saturated carbocycles. The first-order valence-corrected chi connectivity index (χ1v) is 9.93. The Morgan fingerprint density at radius 2 is 2.23 bits per heavy atom. The van der Waals surface area contributed by atoms with E-state index >= 15 is 0 Å². The molecule has 2 N–H and O–H groups in total. The second kappa shape index (κ2) is 7.52. The van der Waals surface area contributed by atoms with Gasteiger partial charge in [0, 0.05) is 24.5 Å². The van der Waals surface area contributed by atoms with E-state index in [-0.39, 0.29) is 24.7 Å². The summed E-state index contributed by atoms with van der Waals surface area (Å²) < 4.78 is 11.7. The van der Waals surface area contributed by atoms with Crippen LogP contribution in [0.1, 0.15) is 38.7 Å². The molecule has 1 spiro atoms. The van der Waals surface area contributed by atoms with Crippen LogP contribution in [-0.2, 0) is 23.3 Å². The Hall–Kier alpha value is -1.67. The van der Waals surface area contributed by atoms with Crippen molar-refractivity contribution >= 4 is 17.2 Å². The maximum Gasteiger partial charge on any atom is 0.261 e. The molecule has 1 saturated heterocycles. The largest absolute Gasteiger partial charge is 0.468 e. The van der Waals surface area contributed by atoms with Gasteiger partial charge >= 0.3 is 0 Å². The van der Waals surface area contributed by atoms with Crippen LogP contribution in [0.25, 0.3) is 0 Å². The van der Waals surface area contributed by atoms with Gasteiger partial charge in [-0.2, -0.15) is 0 Å². The van der Waals surface area contributed by atoms with E-state index < -0.39 is 0 Å². The number of aliphatic hydroxyl groups excluding tert-OH is 1. The second-order valence-corrected chi connectivity index (χ2v) is 7.94. The Labute approximate surface area is 156 Å². The number of likely N-dealkylation sites (tertiary alicyclic amines) is 1. The third-order valence-corrected chi connectivity index (χ3v) is 6.58. The monoisotopic (exact) mass is 376 g/mol. The van der Waals surface area contributed by atoms with Crippen molar-refractivity contribution in [2.45, 2.75) is 31.4 Å². The van der Waals surface area contributed by atoms with Gasteiger partial charge in [-0.3, -0.25) is 9.69 Å². The molecule has 2 aliphatic rings. The average molecular weight is 376 g/mol. The van der Waals surface area contributed by atoms with Gasteiger partial charge in [-0.05, 0) is 43.0 Å². The minimum Gasteiger partial charge on any atom is -0.468 e. The molecule has 2 aliphatic heterocycles. The molecule has 0 radical (unpaired) electrons. The summed E-state index contributed by atoms with van der Waals surface area (Å²) in [5.41, 5.74) is 0.989. The summed E-state index contributed by atoms with van der Waals surface area (Å²) in [5, 5.41) is 11.6. The predicted octanol–water partition coefficient (Wildman–Crippen LogP) is 2.13. The summed E-state index contributed by atoms with van der Waals surface area (Å²) >= 11 is 1.55. The molecule has 0 unspecified atom stereocenters. The molecule has 6 nitrogen and oxygen atoms in total. The number of ether oxygens (including phenoxy) is 1. The number of furan rings is 1. The van der Waals surface area contributed by atoms with E-state index in [0.717, 1.165) is 44.7 Å². The Morgan fingerprint density at radius 1 is 1.38 bits per heavy atom. The van der Waals surface area contributed by atoms with Crippen molar-refractivity contribution in [2.75, 3.05) is 32.8 Å². The molecule has 7 heteroatoms. The molecule has 0 aliphatic carbocycles. The summed E-state index contributed by atoms with van der Waals surface area (Å²) in [4.78, 5) is 16.6. The molecule has 0 bridgehead atoms. The first-order chi connectivity index (χ1) is 12.7. The van der Waals surface area contributed by atoms with Gasteiger partial charge in [0.05, 0.1) is 30.9 Å². The molecule has 4 heterocycles. The fraction of sp³-hybridized carbons (Fsp3) is 0.526. The van der Waals surface area contributed by atoms with Crippen molar-refractivity contribution in [1.29, 1.82) is 0 Å². The highest BCUT2D eigenvalue weighted by Gasteiger charge is 2.42. The molecule has 1 amide bonds. The summed E-state index contributed by atoms with van der Waals surface area (Å²) in [5.74, 6) is 0.883. The van der Waals surface area contributed by atoms with E-state index in [1.54, 1.807) is 17.6 Å². The van der Waals surface area contributed by atoms with Crippen LogP contribution >= 0.6 is 11.3 Å². The lowest BCUT2D eigenvalue weighted by Gasteiger charge is -2.43. The average Bonchev–Trinajstić information content (AvgIpc) is 3.32. The standard InChI is InChI=1S/C19H24N2O4S/c22-9-6-20-18(23)16-12-14-3-11-25-19(17(14)26-16)4-7-21(8-5-19)13-15-2-1-10-24-15/h1-2,10,12,22H,3-9,11,13H2,(H,20,23). The van der Waals surface area contributed by atoms with Crippen molar-refractivity contribution in [1.82, 2.24) is 10.2 Å². The fourth-order valence-electron chi connectivity index (χ4n) is 3.86. The van der Waals surface area contributed by atoms with Crippen LogP contribution in [0.15, 0.2) is 28.9 Å². The molecule has 26 heavy (non-hydrogen) atoms. The smallest absolute Gasteiger partial charge is 0.261 e. The van der Waals surface area contributed by atoms with Crippen LogP contribution in [0, 0.1) is 0 Å². The van der Waals surface area contributed by atoms with Crippen molar-refractivity contribution in [3.05, 3.63) is 45.5 Å². The van der Waals surface area contributed by atoms with Crippen LogP contribution in [0.4, 0.5) is 0 Å². The Bertz CT molecular complexity index is 748. The minimum absolute atomic E-state index is 0.0462. The van der Waals surface area contributed by atoms with Gasteiger partial charge in [-0.15, -0.1) is 11.3 Å². The number of amides is 1. The molecule has 0 atom stereocenters. The topological polar surface area (TPSA) is 74.9 Å². The van der Waals surface area contributed by atoms with Crippen LogP contribution in [-0.4, -0.2) is 48.8 Å². The van der Waals surface area contributed by atoms with Gasteiger partial charge in [-0.25, -0.2) is 0 Å². The van der Waals surface area contributed by atoms with Crippen molar-refractivity contribution < 1.29 is 19.1 Å². The fourth-order valence-corrected chi connectivity index (χ4v) is 5.18. The van der Waals surface area contributed by atoms with E-state index in [0.29, 0.717) is 11.5 Å². The van der Waals surface area contributed by atoms with Gasteiger partial charge in [-0.1, -0.05) is 0 Å². The maximum absolute atomic E-state index is 12.3. The van der Waals surface area contributed by atoms with Gasteiger partial charge in [0.2, 0.25) is 0 Å². The van der Waals surface area contributed by atoms with E-state index in [4.69, 9.17) is 14.3 Å². The Morgan fingerprint density at radius 3 is 2.96 bits per heavy atom. The number of hydrogen-bond acceptors (Lipinski definition) is 6. The Balaban J connectivity index is 1.47. The number of carbonyl (C=O) groups excluding carboxylic acids is 1. The summed E-state index contributed by atoms with van der Waals surface area (Å²) in [6.07, 6.45) is 4.43. The molecule has 140 valence electrons. The quantitative estimate of drug-likeness (QED) is 0.836. The normalized spacial score (nSPS) is 19.4. The van der Waals surface area contributed by atoms with E-state index in [1.165, 1.54) is 10.4 Å². The number of thiophene rings is 1. The second-order valence-electron chi connectivity index (χ2n) is 6.89. The highest BCUT2D eigenvalue weighted by Crippen LogP contribution is 2.45. The lowest BCUT2D eigenvalue weighted by molar-refractivity contribution is -0.0966. The number of hydrogen-bond donors (Lipinski definition) is 2. The molecule has 2 aromatic rings. The number of rotatable bonds is 5. The van der Waals surface area contributed by atoms with Crippen molar-refractivity contribution in [3.63, 3.8) is 0 Å². The van der Waals surface area contributed by atoms with Crippen LogP contribution in [0.5, 0.6) is 0 Å². The lowest BCUT2D eigenvalue weighted by Crippen LogP contribution is -2.45. The number of piperidine rings is 1. The van der Waals surface area contributed by atoms with Gasteiger partial charge in [0.15, 0.2) is 0 Å². The predicted molar refractivity (Wildman–Crippen MR) is 98.3 cm³/mol. The highest BCUT2D eigenvalue weighted by atomic mass is 32.1. The number of carbonyl (C=O) groups is 1. The van der Waals surface area contributed by atoms with Gasteiger partial charge < -0.3 is 19.6 Å². The van der Waals surface area contributed by atoms with Gasteiger partial charge in [0.1, 0.15) is 11.4 Å². The lowest BCUT2D eigenvalue weighted by atomic mass is 9.85. The maximum atomic E-state index is 12.3. The number of nitrogens with zero attached hydrogens (tertiary/aromatic N) is 1. The zero-order valence-electron chi connectivity index (χ0n) is 14.7. The van der Waals surface area contributed by atoms with Crippen molar-refractivity contribution in [2.24, 2.45) is 0 Å². The van der Waals surface area contributed by atoms with Gasteiger partial charge in [0.25, 0.3) is 5.91 Å². The molecular formula is C19H24N2O4S. The zero-order valence-corrected chi connectivity index (χ0v) is 15.5. The van der Waals surface area contributed by atoms with E-state index in [2.05, 4.69) is 10.2 Å². The first-order valence-electron chi connectivity index (χ1n) is 9.11. The van der Waals surface area contributed by atoms with E-state index in [1.807, 2.05) is 18.2 Å². The summed E-state index contributed by atoms with van der Waals surface area (Å²) in [7, 11) is 0. The SMILES string of the molecule is O=C(NCCO)c1cc2c(s1)C1(CCN(Cc3ccco3)CC1)OCC2. The highest BCUT2D eigenvalue weighted by molar-refractivity contribution is 7.14. The third kappa shape index (κ3) is 3.44. The molecule has 2 aromatic heterocycles. The molecular weight excluding hydrogens is 352 g/mol. The number of aliphatic hydroxyl groups is 1. The molecule has 0 aromatic carbocycles. The first kappa shape index (κ1) is 17.7. The molecule has 4 rings (SSSR count). The number of nitrogens with one attached hydrogen (secondary N) is 1. The summed E-state index contributed by atoms with van der Waals surface area (Å²) in [6, 6.07) is 5.94. The summed E-state index contributed by atoms with van der Waals surface area (Å²) in [6.45, 7) is 3.67. The number of fused-ring (bicyclic) bond motifs is 2. The van der Waals surface area contributed by atoms with Crippen LogP contribution in [0.2, 0.25) is 0 Å². The zero-order chi connectivity index (χ0) is 18.0. The third-order valence-electron chi connectivity index (χ3n) is 5.22. The molecule has 1 fully saturated rings. The van der Waals surface area contributed by atoms with E-state index in [9.17, 15) is 4.79 Å². The van der Waals surface area contributed by atoms with Crippen LogP contribution < -0.4 is 5.32 Å². The van der Waals surface area contributed by atoms with Crippen LogP contribution in [0.3, 0.4) is 0 Å².